The van der Waals surface area contributed by atoms with Crippen LogP contribution in [0.3, 0.4) is 0 Å². The molecule has 0 aromatic heterocycles. The molecule has 0 saturated heterocycles. The van der Waals surface area contributed by atoms with E-state index in [4.69, 9.17) is 5.73 Å². The molecule has 84 valence electrons. The lowest BCUT2D eigenvalue weighted by Crippen LogP contribution is -2.04. The highest BCUT2D eigenvalue weighted by Crippen LogP contribution is 2.30. The Hall–Kier alpha value is 0.01000. The second-order valence-electron chi connectivity index (χ2n) is 4.18. The Bertz CT molecular complexity index is 323. The van der Waals surface area contributed by atoms with Gasteiger partial charge in [0.15, 0.2) is 0 Å². The fourth-order valence-electron chi connectivity index (χ4n) is 1.17. The van der Waals surface area contributed by atoms with Gasteiger partial charge in [-0.15, -0.1) is 11.8 Å². The van der Waals surface area contributed by atoms with E-state index in [0.717, 1.165) is 16.1 Å². The van der Waals surface area contributed by atoms with Crippen LogP contribution in [-0.2, 0) is 0 Å². The fraction of sp³-hybridized carbons (Fsp3) is 0.500. The minimum atomic E-state index is 0.102. The molecule has 0 fully saturated rings. The number of hydrogen-bond acceptors (Lipinski definition) is 2. The van der Waals surface area contributed by atoms with Crippen LogP contribution in [0.5, 0.6) is 0 Å². The summed E-state index contributed by atoms with van der Waals surface area (Å²) in [7, 11) is 0. The molecule has 1 nitrogen and oxygen atoms in total. The van der Waals surface area contributed by atoms with Crippen molar-refractivity contribution in [3.63, 3.8) is 0 Å². The zero-order valence-electron chi connectivity index (χ0n) is 9.46. The topological polar surface area (TPSA) is 26.0 Å². The number of benzene rings is 1. The van der Waals surface area contributed by atoms with Crippen LogP contribution < -0.4 is 5.73 Å². The summed E-state index contributed by atoms with van der Waals surface area (Å²) in [5, 5.41) is 0. The Morgan fingerprint density at radius 2 is 2.00 bits per heavy atom. The van der Waals surface area contributed by atoms with E-state index in [-0.39, 0.29) is 6.04 Å². The van der Waals surface area contributed by atoms with Crippen molar-refractivity contribution in [3.8, 4) is 0 Å². The lowest BCUT2D eigenvalue weighted by Gasteiger charge is -2.10. The molecule has 2 N–H and O–H groups in total. The van der Waals surface area contributed by atoms with Gasteiger partial charge in [-0.05, 0) is 46.5 Å². The molecule has 0 unspecified atom stereocenters. The Kier molecular flexibility index (Phi) is 5.16. The first-order valence-electron chi connectivity index (χ1n) is 5.18. The summed E-state index contributed by atoms with van der Waals surface area (Å²) < 4.78 is 1.16. The van der Waals surface area contributed by atoms with Crippen LogP contribution in [0.2, 0.25) is 0 Å². The van der Waals surface area contributed by atoms with Crippen molar-refractivity contribution < 1.29 is 0 Å². The molecular weight excluding hydrogens is 270 g/mol. The van der Waals surface area contributed by atoms with Crippen molar-refractivity contribution in [3.05, 3.63) is 28.2 Å². The van der Waals surface area contributed by atoms with Gasteiger partial charge in [-0.3, -0.25) is 0 Å². The molecule has 0 aliphatic rings. The second kappa shape index (κ2) is 5.92. The van der Waals surface area contributed by atoms with Gasteiger partial charge in [0.2, 0.25) is 0 Å². The number of halogens is 1. The van der Waals surface area contributed by atoms with Crippen molar-refractivity contribution >= 4 is 27.7 Å². The summed E-state index contributed by atoms with van der Waals surface area (Å²) >= 11 is 5.48. The first-order chi connectivity index (χ1) is 7.00. The van der Waals surface area contributed by atoms with Gasteiger partial charge in [-0.25, -0.2) is 0 Å². The van der Waals surface area contributed by atoms with E-state index < -0.39 is 0 Å². The largest absolute Gasteiger partial charge is 0.324 e. The first kappa shape index (κ1) is 13.1. The van der Waals surface area contributed by atoms with Crippen molar-refractivity contribution in [2.45, 2.75) is 31.7 Å². The standard InChI is InChI=1S/C12H18BrNS/c1-8(2)7-15-12-5-4-10(9(3)14)6-11(12)13/h4-6,8-9H,7,14H2,1-3H3/t9-/m0/s1. The number of thioether (sulfide) groups is 1. The van der Waals surface area contributed by atoms with Crippen LogP contribution in [0.1, 0.15) is 32.4 Å². The third-order valence-electron chi connectivity index (χ3n) is 2.05. The summed E-state index contributed by atoms with van der Waals surface area (Å²) in [4.78, 5) is 1.30. The molecule has 1 rings (SSSR count). The molecule has 1 aromatic carbocycles. The van der Waals surface area contributed by atoms with Gasteiger partial charge in [-0.1, -0.05) is 19.9 Å². The average Bonchev–Trinajstić information content (AvgIpc) is 2.15. The van der Waals surface area contributed by atoms with Gasteiger partial charge in [0.25, 0.3) is 0 Å². The molecule has 15 heavy (non-hydrogen) atoms. The maximum Gasteiger partial charge on any atom is 0.0314 e. The van der Waals surface area contributed by atoms with Gasteiger partial charge in [0.05, 0.1) is 0 Å². The zero-order chi connectivity index (χ0) is 11.4. The molecular formula is C12H18BrNS. The molecule has 0 radical (unpaired) electrons. The minimum Gasteiger partial charge on any atom is -0.324 e. The van der Waals surface area contributed by atoms with Crippen LogP contribution in [-0.4, -0.2) is 5.75 Å². The Morgan fingerprint density at radius 3 is 2.47 bits per heavy atom. The maximum atomic E-state index is 5.83. The van der Waals surface area contributed by atoms with Crippen LogP contribution in [0.15, 0.2) is 27.6 Å². The summed E-state index contributed by atoms with van der Waals surface area (Å²) in [5.74, 6) is 1.87. The van der Waals surface area contributed by atoms with Crippen LogP contribution in [0, 0.1) is 5.92 Å². The van der Waals surface area contributed by atoms with Gasteiger partial charge in [0.1, 0.15) is 0 Å². The highest BCUT2D eigenvalue weighted by Gasteiger charge is 2.05. The van der Waals surface area contributed by atoms with Crippen LogP contribution in [0.4, 0.5) is 0 Å². The normalized spacial score (nSPS) is 13.2. The van der Waals surface area contributed by atoms with Crippen molar-refractivity contribution in [1.29, 1.82) is 0 Å². The Labute approximate surface area is 105 Å². The number of hydrogen-bond donors (Lipinski definition) is 1. The molecule has 0 heterocycles. The monoisotopic (exact) mass is 287 g/mol. The summed E-state index contributed by atoms with van der Waals surface area (Å²) in [6, 6.07) is 6.48. The van der Waals surface area contributed by atoms with Crippen molar-refractivity contribution in [2.75, 3.05) is 5.75 Å². The van der Waals surface area contributed by atoms with Gasteiger partial charge < -0.3 is 5.73 Å². The van der Waals surface area contributed by atoms with E-state index in [9.17, 15) is 0 Å². The minimum absolute atomic E-state index is 0.102. The van der Waals surface area contributed by atoms with Crippen molar-refractivity contribution in [1.82, 2.24) is 0 Å². The molecule has 0 amide bonds. The van der Waals surface area contributed by atoms with E-state index in [2.05, 4.69) is 48.0 Å². The van der Waals surface area contributed by atoms with Crippen molar-refractivity contribution in [2.24, 2.45) is 11.7 Å². The molecule has 1 aromatic rings. The zero-order valence-corrected chi connectivity index (χ0v) is 11.9. The maximum absolute atomic E-state index is 5.83. The Balaban J connectivity index is 2.75. The van der Waals surface area contributed by atoms with E-state index >= 15 is 0 Å². The summed E-state index contributed by atoms with van der Waals surface area (Å²) in [5.41, 5.74) is 7.00. The smallest absolute Gasteiger partial charge is 0.0314 e. The average molecular weight is 288 g/mol. The molecule has 3 heteroatoms. The van der Waals surface area contributed by atoms with Crippen LogP contribution >= 0.6 is 27.7 Å². The highest BCUT2D eigenvalue weighted by atomic mass is 79.9. The molecule has 0 bridgehead atoms. The highest BCUT2D eigenvalue weighted by molar-refractivity contribution is 9.10. The third-order valence-corrected chi connectivity index (χ3v) is 4.47. The molecule has 1 atom stereocenters. The van der Waals surface area contributed by atoms with Gasteiger partial charge in [-0.2, -0.15) is 0 Å². The lowest BCUT2D eigenvalue weighted by molar-refractivity contribution is 0.750. The quantitative estimate of drug-likeness (QED) is 0.840. The van der Waals surface area contributed by atoms with E-state index in [1.54, 1.807) is 0 Å². The molecule has 0 aliphatic heterocycles. The second-order valence-corrected chi connectivity index (χ2v) is 6.10. The Morgan fingerprint density at radius 1 is 1.33 bits per heavy atom. The molecule has 0 spiro atoms. The van der Waals surface area contributed by atoms with Crippen LogP contribution in [0.25, 0.3) is 0 Å². The SMILES string of the molecule is CC(C)CSc1ccc([C@H](C)N)cc1Br. The fourth-order valence-corrected chi connectivity index (χ4v) is 2.79. The number of nitrogens with two attached hydrogens (primary N) is 1. The molecule has 0 saturated carbocycles. The van der Waals surface area contributed by atoms with E-state index in [0.29, 0.717) is 0 Å². The summed E-state index contributed by atoms with van der Waals surface area (Å²) in [6.07, 6.45) is 0. The predicted octanol–water partition coefficient (Wildman–Crippen LogP) is 4.22. The van der Waals surface area contributed by atoms with E-state index in [1.165, 1.54) is 10.5 Å². The molecule has 0 aliphatic carbocycles. The third kappa shape index (κ3) is 4.17. The van der Waals surface area contributed by atoms with E-state index in [1.807, 2.05) is 18.7 Å². The lowest BCUT2D eigenvalue weighted by atomic mass is 10.1. The van der Waals surface area contributed by atoms with Gasteiger partial charge in [0, 0.05) is 21.2 Å². The number of rotatable bonds is 4. The summed E-state index contributed by atoms with van der Waals surface area (Å²) in [6.45, 7) is 6.47. The first-order valence-corrected chi connectivity index (χ1v) is 6.96. The predicted molar refractivity (Wildman–Crippen MR) is 72.3 cm³/mol. The van der Waals surface area contributed by atoms with Gasteiger partial charge >= 0.3 is 0 Å².